The van der Waals surface area contributed by atoms with Gasteiger partial charge in [0.15, 0.2) is 18.1 Å². The maximum absolute atomic E-state index is 12.3. The van der Waals surface area contributed by atoms with Crippen molar-refractivity contribution < 1.29 is 19.0 Å². The molecular weight excluding hydrogens is 368 g/mol. The molecule has 1 N–H and O–H groups in total. The zero-order valence-corrected chi connectivity index (χ0v) is 16.4. The van der Waals surface area contributed by atoms with Gasteiger partial charge in [-0.15, -0.1) is 0 Å². The Kier molecular flexibility index (Phi) is 7.12. The van der Waals surface area contributed by atoms with Crippen LogP contribution in [0.5, 0.6) is 17.2 Å². The number of carbonyl (C=O) groups is 1. The van der Waals surface area contributed by atoms with Gasteiger partial charge in [0.2, 0.25) is 5.91 Å². The van der Waals surface area contributed by atoms with E-state index in [0.29, 0.717) is 17.2 Å². The Morgan fingerprint density at radius 3 is 2.79 bits per heavy atom. The molecule has 1 amide bonds. The summed E-state index contributed by atoms with van der Waals surface area (Å²) in [6.07, 6.45) is 8.01. The van der Waals surface area contributed by atoms with Crippen molar-refractivity contribution in [3.63, 3.8) is 0 Å². The first kappa shape index (κ1) is 20.3. The van der Waals surface area contributed by atoms with Crippen molar-refractivity contribution in [1.82, 2.24) is 0 Å². The van der Waals surface area contributed by atoms with Gasteiger partial charge in [-0.05, 0) is 61.6 Å². The highest BCUT2D eigenvalue weighted by Crippen LogP contribution is 2.29. The molecule has 6 heteroatoms. The molecule has 1 aliphatic rings. The summed E-state index contributed by atoms with van der Waals surface area (Å²) in [5, 5.41) is 11.5. The van der Waals surface area contributed by atoms with Gasteiger partial charge >= 0.3 is 0 Å². The van der Waals surface area contributed by atoms with Crippen LogP contribution >= 0.6 is 0 Å². The highest BCUT2D eigenvalue weighted by atomic mass is 16.5. The van der Waals surface area contributed by atoms with Crippen molar-refractivity contribution in [2.75, 3.05) is 19.0 Å². The second-order valence-electron chi connectivity index (χ2n) is 6.73. The lowest BCUT2D eigenvalue weighted by Gasteiger charge is -2.13. The average molecular weight is 392 g/mol. The maximum Gasteiger partial charge on any atom is 0.248 e. The van der Waals surface area contributed by atoms with Crippen LogP contribution in [0.3, 0.4) is 0 Å². The number of nitrogens with one attached hydrogen (secondary N) is 1. The minimum absolute atomic E-state index is 0.0581. The van der Waals surface area contributed by atoms with E-state index >= 15 is 0 Å². The number of benzene rings is 2. The van der Waals surface area contributed by atoms with Crippen LogP contribution in [0.4, 0.5) is 5.69 Å². The van der Waals surface area contributed by atoms with E-state index in [1.54, 1.807) is 24.3 Å². The molecule has 0 aromatic heterocycles. The molecule has 2 aromatic carbocycles. The smallest absolute Gasteiger partial charge is 0.248 e. The first-order chi connectivity index (χ1) is 14.2. The zero-order chi connectivity index (χ0) is 20.5. The summed E-state index contributed by atoms with van der Waals surface area (Å²) in [6, 6.07) is 14.6. The van der Waals surface area contributed by atoms with Gasteiger partial charge in [0.1, 0.15) is 11.8 Å². The number of rotatable bonds is 8. The summed E-state index contributed by atoms with van der Waals surface area (Å²) in [5.41, 5.74) is 1.47. The second-order valence-corrected chi connectivity index (χ2v) is 6.73. The Morgan fingerprint density at radius 2 is 2.03 bits per heavy atom. The predicted octanol–water partition coefficient (Wildman–Crippen LogP) is 4.57. The van der Waals surface area contributed by atoms with Crippen molar-refractivity contribution in [2.24, 2.45) is 0 Å². The Morgan fingerprint density at radius 1 is 1.21 bits per heavy atom. The molecule has 29 heavy (non-hydrogen) atoms. The second kappa shape index (κ2) is 10.2. The number of carbonyl (C=O) groups excluding carboxylic acids is 1. The summed E-state index contributed by atoms with van der Waals surface area (Å²) < 4.78 is 16.5. The summed E-state index contributed by atoms with van der Waals surface area (Å²) in [7, 11) is 1.52. The summed E-state index contributed by atoms with van der Waals surface area (Å²) in [5.74, 6) is 1.51. The number of methoxy groups -OCH3 is 1. The Hall–Kier alpha value is -3.46. The van der Waals surface area contributed by atoms with Crippen LogP contribution in [-0.4, -0.2) is 25.7 Å². The highest BCUT2D eigenvalue weighted by Gasteiger charge is 2.16. The van der Waals surface area contributed by atoms with Crippen LogP contribution in [0.2, 0.25) is 0 Å². The molecule has 0 unspecified atom stereocenters. The van der Waals surface area contributed by atoms with E-state index in [1.165, 1.54) is 26.0 Å². The summed E-state index contributed by atoms with van der Waals surface area (Å²) in [4.78, 5) is 12.3. The molecule has 0 heterocycles. The van der Waals surface area contributed by atoms with Crippen LogP contribution < -0.4 is 19.5 Å². The molecule has 0 aliphatic heterocycles. The fourth-order valence-corrected chi connectivity index (χ4v) is 3.22. The number of amides is 1. The van der Waals surface area contributed by atoms with E-state index < -0.39 is 0 Å². The van der Waals surface area contributed by atoms with Crippen LogP contribution in [0, 0.1) is 11.3 Å². The van der Waals surface area contributed by atoms with E-state index in [-0.39, 0.29) is 18.6 Å². The molecule has 0 radical (unpaired) electrons. The molecule has 6 nitrogen and oxygen atoms in total. The highest BCUT2D eigenvalue weighted by molar-refractivity contribution is 6.02. The van der Waals surface area contributed by atoms with Crippen molar-refractivity contribution in [3.8, 4) is 23.3 Å². The van der Waals surface area contributed by atoms with Gasteiger partial charge < -0.3 is 19.5 Å². The lowest BCUT2D eigenvalue weighted by molar-refractivity contribution is -0.111. The third kappa shape index (κ3) is 6.01. The topological polar surface area (TPSA) is 80.6 Å². The van der Waals surface area contributed by atoms with E-state index in [0.717, 1.165) is 24.2 Å². The van der Waals surface area contributed by atoms with Gasteiger partial charge in [0.05, 0.1) is 13.2 Å². The van der Waals surface area contributed by atoms with Crippen molar-refractivity contribution in [2.45, 2.75) is 31.8 Å². The molecule has 0 saturated heterocycles. The number of anilines is 1. The molecule has 3 rings (SSSR count). The van der Waals surface area contributed by atoms with E-state index in [1.807, 2.05) is 30.3 Å². The van der Waals surface area contributed by atoms with Crippen LogP contribution in [0.15, 0.2) is 48.5 Å². The normalized spacial score (nSPS) is 13.8. The number of ether oxygens (including phenoxy) is 3. The molecule has 2 aromatic rings. The van der Waals surface area contributed by atoms with Crippen molar-refractivity contribution >= 4 is 17.7 Å². The van der Waals surface area contributed by atoms with Crippen LogP contribution in [0.25, 0.3) is 6.08 Å². The largest absolute Gasteiger partial charge is 0.493 e. The maximum atomic E-state index is 12.3. The zero-order valence-electron chi connectivity index (χ0n) is 16.4. The van der Waals surface area contributed by atoms with Gasteiger partial charge in [0, 0.05) is 17.8 Å². The number of hydrogen-bond donors (Lipinski definition) is 1. The number of nitriles is 1. The summed E-state index contributed by atoms with van der Waals surface area (Å²) in [6.45, 7) is -0.0581. The lowest BCUT2D eigenvalue weighted by Crippen LogP contribution is -2.11. The molecule has 150 valence electrons. The minimum Gasteiger partial charge on any atom is -0.493 e. The monoisotopic (exact) mass is 392 g/mol. The van der Waals surface area contributed by atoms with Gasteiger partial charge in [0.25, 0.3) is 0 Å². The van der Waals surface area contributed by atoms with Crippen molar-refractivity contribution in [1.29, 1.82) is 5.26 Å². The number of hydrogen-bond acceptors (Lipinski definition) is 5. The van der Waals surface area contributed by atoms with E-state index in [9.17, 15) is 4.79 Å². The van der Waals surface area contributed by atoms with Gasteiger partial charge in [-0.2, -0.15) is 5.26 Å². The Balaban J connectivity index is 1.60. The average Bonchev–Trinajstić information content (AvgIpc) is 3.24. The van der Waals surface area contributed by atoms with Gasteiger partial charge in [-0.3, -0.25) is 4.79 Å². The SMILES string of the molecule is COc1cc(/C=C/C(=O)Nc2cccc(OC3CCCC3)c2)ccc1OCC#N. The number of nitrogens with zero attached hydrogens (tertiary/aromatic N) is 1. The van der Waals surface area contributed by atoms with Gasteiger partial charge in [-0.25, -0.2) is 0 Å². The fourth-order valence-electron chi connectivity index (χ4n) is 3.22. The van der Waals surface area contributed by atoms with Gasteiger partial charge in [-0.1, -0.05) is 12.1 Å². The van der Waals surface area contributed by atoms with Crippen LogP contribution in [-0.2, 0) is 4.79 Å². The molecular formula is C23H24N2O4. The van der Waals surface area contributed by atoms with Crippen molar-refractivity contribution in [3.05, 3.63) is 54.1 Å². The first-order valence-electron chi connectivity index (χ1n) is 9.61. The predicted molar refractivity (Wildman–Crippen MR) is 111 cm³/mol. The molecule has 0 atom stereocenters. The molecule has 1 aliphatic carbocycles. The van der Waals surface area contributed by atoms with E-state index in [4.69, 9.17) is 19.5 Å². The first-order valence-corrected chi connectivity index (χ1v) is 9.61. The molecule has 1 fully saturated rings. The fraction of sp³-hybridized carbons (Fsp3) is 0.304. The molecule has 1 saturated carbocycles. The lowest BCUT2D eigenvalue weighted by atomic mass is 10.2. The molecule has 0 bridgehead atoms. The molecule has 0 spiro atoms. The standard InChI is InChI=1S/C23H24N2O4/c1-27-22-15-17(9-11-21(22)28-14-13-24)10-12-23(26)25-18-5-4-8-20(16-18)29-19-6-2-3-7-19/h4-5,8-12,15-16,19H,2-3,6-7,14H2,1H3,(H,25,26)/b12-10+. The van der Waals surface area contributed by atoms with E-state index in [2.05, 4.69) is 5.32 Å². The third-order valence-electron chi connectivity index (χ3n) is 4.61. The van der Waals surface area contributed by atoms with Crippen LogP contribution in [0.1, 0.15) is 31.2 Å². The minimum atomic E-state index is -0.244. The Labute approximate surface area is 170 Å². The quantitative estimate of drug-likeness (QED) is 0.666. The third-order valence-corrected chi connectivity index (χ3v) is 4.61. The summed E-state index contributed by atoms with van der Waals surface area (Å²) >= 11 is 0. The Bertz CT molecular complexity index is 911.